The number of nitrogen functional groups attached to an aromatic ring is 1. The zero-order valence-corrected chi connectivity index (χ0v) is 11.9. The quantitative estimate of drug-likeness (QED) is 0.882. The van der Waals surface area contributed by atoms with Crippen LogP contribution in [0.15, 0.2) is 57.9 Å². The first-order valence-corrected chi connectivity index (χ1v) is 7.76. The van der Waals surface area contributed by atoms with Gasteiger partial charge in [-0.2, -0.15) is 0 Å². The molecular weight excluding hydrogens is 314 g/mol. The van der Waals surface area contributed by atoms with Gasteiger partial charge in [0.05, 0.1) is 16.3 Å². The Morgan fingerprint density at radius 2 is 1.67 bits per heavy atom. The molecule has 0 saturated heterocycles. The number of para-hydroxylation sites is 1. The van der Waals surface area contributed by atoms with Gasteiger partial charge in [0.25, 0.3) is 0 Å². The molecule has 0 saturated carbocycles. The Morgan fingerprint density at radius 3 is 2.33 bits per heavy atom. The smallest absolute Gasteiger partial charge is 0.182 e. The van der Waals surface area contributed by atoms with Gasteiger partial charge >= 0.3 is 0 Å². The Morgan fingerprint density at radius 1 is 1.00 bits per heavy atom. The van der Waals surface area contributed by atoms with Gasteiger partial charge in [-0.25, -0.2) is 8.42 Å². The monoisotopic (exact) mass is 325 g/mol. The van der Waals surface area contributed by atoms with Gasteiger partial charge in [0.15, 0.2) is 9.84 Å². The molecule has 0 amide bonds. The zero-order chi connectivity index (χ0) is 13.2. The standard InChI is InChI=1S/C13H12BrNO2S/c14-12-8-4-5-10(13(12)15)9-18(16,17)11-6-2-1-3-7-11/h1-8H,9,15H2. The highest BCUT2D eigenvalue weighted by Crippen LogP contribution is 2.26. The number of sulfone groups is 1. The summed E-state index contributed by atoms with van der Waals surface area (Å²) in [5, 5.41) is 0. The maximum atomic E-state index is 12.2. The molecule has 0 bridgehead atoms. The SMILES string of the molecule is Nc1c(Br)cccc1CS(=O)(=O)c1ccccc1. The molecule has 0 atom stereocenters. The van der Waals surface area contributed by atoms with Crippen molar-refractivity contribution < 1.29 is 8.42 Å². The summed E-state index contributed by atoms with van der Waals surface area (Å²) in [5.74, 6) is -0.0950. The number of anilines is 1. The number of benzene rings is 2. The molecule has 0 fully saturated rings. The van der Waals surface area contributed by atoms with Crippen LogP contribution in [-0.2, 0) is 15.6 Å². The van der Waals surface area contributed by atoms with Gasteiger partial charge < -0.3 is 5.73 Å². The van der Waals surface area contributed by atoms with Crippen LogP contribution in [0.1, 0.15) is 5.56 Å². The van der Waals surface area contributed by atoms with Crippen LogP contribution in [0.4, 0.5) is 5.69 Å². The van der Waals surface area contributed by atoms with Crippen molar-refractivity contribution in [3.8, 4) is 0 Å². The van der Waals surface area contributed by atoms with Gasteiger partial charge in [0.2, 0.25) is 0 Å². The van der Waals surface area contributed by atoms with Crippen LogP contribution < -0.4 is 5.73 Å². The van der Waals surface area contributed by atoms with Crippen LogP contribution in [0.25, 0.3) is 0 Å². The Balaban J connectivity index is 2.37. The minimum absolute atomic E-state index is 0.0950. The maximum absolute atomic E-state index is 12.2. The fraction of sp³-hybridized carbons (Fsp3) is 0.0769. The van der Waals surface area contributed by atoms with Crippen LogP contribution in [0.2, 0.25) is 0 Å². The largest absolute Gasteiger partial charge is 0.398 e. The van der Waals surface area contributed by atoms with E-state index in [4.69, 9.17) is 5.73 Å². The van der Waals surface area contributed by atoms with Crippen molar-refractivity contribution in [2.45, 2.75) is 10.6 Å². The molecule has 2 N–H and O–H groups in total. The minimum Gasteiger partial charge on any atom is -0.398 e. The van der Waals surface area contributed by atoms with Crippen molar-refractivity contribution in [1.29, 1.82) is 0 Å². The Kier molecular flexibility index (Phi) is 3.73. The maximum Gasteiger partial charge on any atom is 0.182 e. The number of hydrogen-bond donors (Lipinski definition) is 1. The molecule has 0 spiro atoms. The molecule has 5 heteroatoms. The van der Waals surface area contributed by atoms with Gasteiger partial charge in [-0.3, -0.25) is 0 Å². The van der Waals surface area contributed by atoms with Gasteiger partial charge in [-0.1, -0.05) is 30.3 Å². The topological polar surface area (TPSA) is 60.2 Å². The summed E-state index contributed by atoms with van der Waals surface area (Å²) in [6.45, 7) is 0. The molecule has 2 rings (SSSR count). The van der Waals surface area contributed by atoms with Crippen molar-refractivity contribution in [3.05, 3.63) is 58.6 Å². The van der Waals surface area contributed by atoms with Crippen LogP contribution >= 0.6 is 15.9 Å². The molecule has 18 heavy (non-hydrogen) atoms. The van der Waals surface area contributed by atoms with E-state index in [0.29, 0.717) is 20.6 Å². The Bertz CT molecular complexity index is 654. The van der Waals surface area contributed by atoms with E-state index >= 15 is 0 Å². The normalized spacial score (nSPS) is 11.4. The van der Waals surface area contributed by atoms with E-state index in [0.717, 1.165) is 0 Å². The average Bonchev–Trinajstić information content (AvgIpc) is 2.36. The van der Waals surface area contributed by atoms with E-state index in [2.05, 4.69) is 15.9 Å². The lowest BCUT2D eigenvalue weighted by molar-refractivity contribution is 0.595. The van der Waals surface area contributed by atoms with Crippen LogP contribution in [0, 0.1) is 0 Å². The molecule has 2 aromatic carbocycles. The first kappa shape index (κ1) is 13.1. The fourth-order valence-electron chi connectivity index (χ4n) is 1.62. The van der Waals surface area contributed by atoms with E-state index in [-0.39, 0.29) is 5.75 Å². The first-order chi connectivity index (χ1) is 8.50. The summed E-state index contributed by atoms with van der Waals surface area (Å²) in [6.07, 6.45) is 0. The summed E-state index contributed by atoms with van der Waals surface area (Å²) >= 11 is 3.29. The van der Waals surface area contributed by atoms with E-state index in [9.17, 15) is 8.42 Å². The lowest BCUT2D eigenvalue weighted by Crippen LogP contribution is -2.07. The number of hydrogen-bond acceptors (Lipinski definition) is 3. The summed E-state index contributed by atoms with van der Waals surface area (Å²) in [6, 6.07) is 13.7. The van der Waals surface area contributed by atoms with E-state index in [1.165, 1.54) is 0 Å². The third-order valence-corrected chi connectivity index (χ3v) is 4.96. The summed E-state index contributed by atoms with van der Waals surface area (Å²) in [5.41, 5.74) is 6.93. The van der Waals surface area contributed by atoms with Gasteiger partial charge in [-0.05, 0) is 39.7 Å². The molecule has 0 unspecified atom stereocenters. The molecule has 0 aliphatic heterocycles. The highest BCUT2D eigenvalue weighted by molar-refractivity contribution is 9.10. The fourth-order valence-corrected chi connectivity index (χ4v) is 3.43. The second-order valence-corrected chi connectivity index (χ2v) is 6.73. The number of halogens is 1. The van der Waals surface area contributed by atoms with Crippen molar-refractivity contribution in [3.63, 3.8) is 0 Å². The Hall–Kier alpha value is -1.33. The predicted octanol–water partition coefficient (Wildman–Crippen LogP) is 3.01. The van der Waals surface area contributed by atoms with Crippen LogP contribution in [0.5, 0.6) is 0 Å². The third kappa shape index (κ3) is 2.73. The highest BCUT2D eigenvalue weighted by Gasteiger charge is 2.16. The summed E-state index contributed by atoms with van der Waals surface area (Å²) in [7, 11) is -3.35. The molecule has 0 aromatic heterocycles. The molecule has 0 heterocycles. The molecule has 0 radical (unpaired) electrons. The minimum atomic E-state index is -3.35. The lowest BCUT2D eigenvalue weighted by atomic mass is 10.2. The Labute approximate surface area is 115 Å². The summed E-state index contributed by atoms with van der Waals surface area (Å²) < 4.78 is 25.1. The van der Waals surface area contributed by atoms with Crippen LogP contribution in [-0.4, -0.2) is 8.42 Å². The second-order valence-electron chi connectivity index (χ2n) is 3.88. The van der Waals surface area contributed by atoms with E-state index in [1.54, 1.807) is 48.5 Å². The van der Waals surface area contributed by atoms with Crippen molar-refractivity contribution >= 4 is 31.5 Å². The predicted molar refractivity (Wildman–Crippen MR) is 75.9 cm³/mol. The zero-order valence-electron chi connectivity index (χ0n) is 9.51. The highest BCUT2D eigenvalue weighted by atomic mass is 79.9. The second kappa shape index (κ2) is 5.12. The average molecular weight is 326 g/mol. The van der Waals surface area contributed by atoms with Crippen LogP contribution in [0.3, 0.4) is 0 Å². The lowest BCUT2D eigenvalue weighted by Gasteiger charge is -2.08. The molecule has 94 valence electrons. The molecule has 2 aromatic rings. The van der Waals surface area contributed by atoms with Gasteiger partial charge in [0.1, 0.15) is 0 Å². The third-order valence-electron chi connectivity index (χ3n) is 2.59. The van der Waals surface area contributed by atoms with Gasteiger partial charge in [0, 0.05) is 4.47 Å². The van der Waals surface area contributed by atoms with Crippen molar-refractivity contribution in [2.75, 3.05) is 5.73 Å². The molecule has 0 aliphatic carbocycles. The summed E-state index contributed by atoms with van der Waals surface area (Å²) in [4.78, 5) is 0.310. The van der Waals surface area contributed by atoms with Crippen molar-refractivity contribution in [1.82, 2.24) is 0 Å². The molecule has 3 nitrogen and oxygen atoms in total. The molecular formula is C13H12BrNO2S. The van der Waals surface area contributed by atoms with Gasteiger partial charge in [-0.15, -0.1) is 0 Å². The van der Waals surface area contributed by atoms with E-state index in [1.807, 2.05) is 0 Å². The van der Waals surface area contributed by atoms with E-state index < -0.39 is 9.84 Å². The number of rotatable bonds is 3. The number of nitrogens with two attached hydrogens (primary N) is 1. The molecule has 0 aliphatic rings. The van der Waals surface area contributed by atoms with Crippen molar-refractivity contribution in [2.24, 2.45) is 0 Å². The first-order valence-electron chi connectivity index (χ1n) is 5.31.